The van der Waals surface area contributed by atoms with Gasteiger partial charge in [-0.25, -0.2) is 0 Å². The Morgan fingerprint density at radius 1 is 1.23 bits per heavy atom. The molecule has 1 atom stereocenters. The second kappa shape index (κ2) is 9.32. The highest BCUT2D eigenvalue weighted by atomic mass is 19.4. The predicted octanol–water partition coefficient (Wildman–Crippen LogP) is 5.19. The zero-order chi connectivity index (χ0) is 25.2. The molecule has 11 heteroatoms. The molecule has 2 heterocycles. The number of ether oxygens (including phenoxy) is 2. The molecule has 4 rings (SSSR count). The number of nitro groups is 1. The van der Waals surface area contributed by atoms with Gasteiger partial charge in [-0.2, -0.15) is 13.2 Å². The summed E-state index contributed by atoms with van der Waals surface area (Å²) < 4.78 is 51.2. The van der Waals surface area contributed by atoms with Gasteiger partial charge in [0.05, 0.1) is 12.1 Å². The monoisotopic (exact) mass is 488 g/mol. The van der Waals surface area contributed by atoms with Crippen molar-refractivity contribution in [1.82, 2.24) is 9.55 Å². The van der Waals surface area contributed by atoms with Crippen molar-refractivity contribution in [3.8, 4) is 11.8 Å². The fourth-order valence-corrected chi connectivity index (χ4v) is 3.62. The average Bonchev–Trinajstić information content (AvgIpc) is 3.33. The van der Waals surface area contributed by atoms with Gasteiger partial charge in [-0.05, 0) is 53.8 Å². The van der Waals surface area contributed by atoms with E-state index in [0.29, 0.717) is 24.4 Å². The number of benzene rings is 2. The van der Waals surface area contributed by atoms with Crippen molar-refractivity contribution in [3.05, 3.63) is 82.0 Å². The van der Waals surface area contributed by atoms with Crippen molar-refractivity contribution in [2.45, 2.75) is 25.2 Å². The van der Waals surface area contributed by atoms with Gasteiger partial charge in [-0.1, -0.05) is 24.3 Å². The minimum atomic E-state index is -4.34. The number of rotatable bonds is 8. The Morgan fingerprint density at radius 2 is 1.91 bits per heavy atom. The van der Waals surface area contributed by atoms with Gasteiger partial charge < -0.3 is 24.5 Å². The van der Waals surface area contributed by atoms with Crippen molar-refractivity contribution in [3.63, 3.8) is 0 Å². The first kappa shape index (κ1) is 24.1. The van der Waals surface area contributed by atoms with Crippen LogP contribution >= 0.6 is 0 Å². The lowest BCUT2D eigenvalue weighted by Crippen LogP contribution is -2.38. The third-order valence-electron chi connectivity index (χ3n) is 5.51. The lowest BCUT2D eigenvalue weighted by atomic mass is 10.1. The normalized spacial score (nSPS) is 17.3. The SMILES string of the molecule is CN(C/C=C/c1ccc(C(F)(F)F)cc1)c1ccc(OC[C@@]2(C)Cn3cc([N+](=O)[O-])nc3O2)cc1. The minimum absolute atomic E-state index is 0.198. The van der Waals surface area contributed by atoms with E-state index in [2.05, 4.69) is 4.98 Å². The third kappa shape index (κ3) is 5.73. The Kier molecular flexibility index (Phi) is 6.42. The zero-order valence-corrected chi connectivity index (χ0v) is 19.0. The molecule has 0 unspecified atom stereocenters. The predicted molar refractivity (Wildman–Crippen MR) is 124 cm³/mol. The molecular formula is C24H23F3N4O4. The lowest BCUT2D eigenvalue weighted by Gasteiger charge is -2.22. The molecule has 0 fully saturated rings. The molecule has 0 N–H and O–H groups in total. The minimum Gasteiger partial charge on any atom is -0.489 e. The molecule has 0 aliphatic carbocycles. The molecule has 0 amide bonds. The highest BCUT2D eigenvalue weighted by Gasteiger charge is 2.41. The summed E-state index contributed by atoms with van der Waals surface area (Å²) >= 11 is 0. The maximum Gasteiger partial charge on any atom is 0.416 e. The molecule has 0 saturated carbocycles. The highest BCUT2D eigenvalue weighted by Crippen LogP contribution is 2.32. The summed E-state index contributed by atoms with van der Waals surface area (Å²) in [4.78, 5) is 16.1. The summed E-state index contributed by atoms with van der Waals surface area (Å²) in [5, 5.41) is 10.8. The molecule has 2 aromatic carbocycles. The van der Waals surface area contributed by atoms with E-state index in [0.717, 1.165) is 17.8 Å². The summed E-state index contributed by atoms with van der Waals surface area (Å²) in [5.41, 5.74) is 0.257. The Balaban J connectivity index is 1.27. The van der Waals surface area contributed by atoms with Crippen LogP contribution in [0.25, 0.3) is 6.08 Å². The van der Waals surface area contributed by atoms with Crippen molar-refractivity contribution in [2.75, 3.05) is 25.1 Å². The third-order valence-corrected chi connectivity index (χ3v) is 5.51. The highest BCUT2D eigenvalue weighted by molar-refractivity contribution is 5.53. The van der Waals surface area contributed by atoms with Crippen molar-refractivity contribution in [1.29, 1.82) is 0 Å². The van der Waals surface area contributed by atoms with E-state index < -0.39 is 22.3 Å². The van der Waals surface area contributed by atoms with E-state index in [4.69, 9.17) is 9.47 Å². The van der Waals surface area contributed by atoms with Gasteiger partial charge in [0.2, 0.25) is 0 Å². The fourth-order valence-electron chi connectivity index (χ4n) is 3.62. The number of hydrogen-bond acceptors (Lipinski definition) is 6. The van der Waals surface area contributed by atoms with Gasteiger partial charge in [0, 0.05) is 24.3 Å². The Labute approximate surface area is 199 Å². The van der Waals surface area contributed by atoms with Gasteiger partial charge in [-0.15, -0.1) is 0 Å². The van der Waals surface area contributed by atoms with E-state index in [1.54, 1.807) is 10.6 Å². The topological polar surface area (TPSA) is 82.7 Å². The number of fused-ring (bicyclic) bond motifs is 1. The Hall–Kier alpha value is -4.02. The average molecular weight is 488 g/mol. The van der Waals surface area contributed by atoms with Crippen LogP contribution in [0.2, 0.25) is 0 Å². The number of hydrogen-bond donors (Lipinski definition) is 0. The molecular weight excluding hydrogens is 465 g/mol. The second-order valence-electron chi connectivity index (χ2n) is 8.50. The van der Waals surface area contributed by atoms with Crippen LogP contribution in [0.1, 0.15) is 18.1 Å². The van der Waals surface area contributed by atoms with E-state index >= 15 is 0 Å². The van der Waals surface area contributed by atoms with Crippen LogP contribution in [-0.4, -0.2) is 40.3 Å². The van der Waals surface area contributed by atoms with Gasteiger partial charge in [-0.3, -0.25) is 4.57 Å². The van der Waals surface area contributed by atoms with E-state index in [1.165, 1.54) is 18.3 Å². The van der Waals surface area contributed by atoms with Crippen LogP contribution in [0.4, 0.5) is 24.7 Å². The Morgan fingerprint density at radius 3 is 2.51 bits per heavy atom. The molecule has 1 aliphatic rings. The molecule has 1 aliphatic heterocycles. The fraction of sp³-hybridized carbons (Fsp3) is 0.292. The number of nitrogens with zero attached hydrogens (tertiary/aromatic N) is 4. The summed E-state index contributed by atoms with van der Waals surface area (Å²) in [6.07, 6.45) is 0.651. The molecule has 184 valence electrons. The maximum atomic E-state index is 12.7. The zero-order valence-electron chi connectivity index (χ0n) is 19.0. The van der Waals surface area contributed by atoms with Crippen LogP contribution in [0.15, 0.2) is 60.8 Å². The smallest absolute Gasteiger partial charge is 0.416 e. The van der Waals surface area contributed by atoms with Crippen LogP contribution in [0.5, 0.6) is 11.8 Å². The van der Waals surface area contributed by atoms with Gasteiger partial charge in [0.25, 0.3) is 0 Å². The van der Waals surface area contributed by atoms with Gasteiger partial charge in [0.1, 0.15) is 18.6 Å². The number of likely N-dealkylation sites (N-methyl/N-ethyl adjacent to an activating group) is 1. The summed E-state index contributed by atoms with van der Waals surface area (Å²) in [6.45, 7) is 3.02. The number of alkyl halides is 3. The Bertz CT molecular complexity index is 1200. The number of halogens is 3. The standard InChI is InChI=1S/C24H23F3N4O4/c1-23(15-30-14-21(31(32)33)28-22(30)35-23)16-34-20-11-9-19(10-12-20)29(2)13-3-4-17-5-7-18(8-6-17)24(25,26)27/h3-12,14H,13,15-16H2,1-2H3/b4-3+/t23-/m1/s1. The summed E-state index contributed by atoms with van der Waals surface area (Å²) in [5.74, 6) is 0.389. The molecule has 8 nitrogen and oxygen atoms in total. The largest absolute Gasteiger partial charge is 0.489 e. The van der Waals surface area contributed by atoms with Crippen LogP contribution in [-0.2, 0) is 12.7 Å². The van der Waals surface area contributed by atoms with Crippen LogP contribution in [0, 0.1) is 10.1 Å². The first-order valence-electron chi connectivity index (χ1n) is 10.7. The first-order chi connectivity index (χ1) is 16.5. The van der Waals surface area contributed by atoms with E-state index in [9.17, 15) is 23.3 Å². The number of imidazole rings is 1. The second-order valence-corrected chi connectivity index (χ2v) is 8.50. The van der Waals surface area contributed by atoms with Crippen LogP contribution < -0.4 is 14.4 Å². The van der Waals surface area contributed by atoms with Crippen LogP contribution in [0.3, 0.4) is 0 Å². The summed E-state index contributed by atoms with van der Waals surface area (Å²) in [7, 11) is 1.90. The van der Waals surface area contributed by atoms with Crippen molar-refractivity contribution < 1.29 is 27.6 Å². The maximum absolute atomic E-state index is 12.7. The van der Waals surface area contributed by atoms with Gasteiger partial charge >= 0.3 is 18.0 Å². The van der Waals surface area contributed by atoms with Crippen molar-refractivity contribution in [2.24, 2.45) is 0 Å². The first-order valence-corrected chi connectivity index (χ1v) is 10.7. The molecule has 0 radical (unpaired) electrons. The number of aromatic nitrogens is 2. The molecule has 0 saturated heterocycles. The number of anilines is 1. The quantitative estimate of drug-likeness (QED) is 0.321. The molecule has 0 spiro atoms. The summed E-state index contributed by atoms with van der Waals surface area (Å²) in [6, 6.07) is 12.7. The van der Waals surface area contributed by atoms with E-state index in [-0.39, 0.29) is 18.4 Å². The molecule has 35 heavy (non-hydrogen) atoms. The molecule has 0 bridgehead atoms. The molecule has 3 aromatic rings. The van der Waals surface area contributed by atoms with Gasteiger partial charge in [0.15, 0.2) is 5.60 Å². The van der Waals surface area contributed by atoms with Crippen molar-refractivity contribution >= 4 is 17.6 Å². The lowest BCUT2D eigenvalue weighted by molar-refractivity contribution is -0.389. The molecule has 1 aromatic heterocycles. The van der Waals surface area contributed by atoms with E-state index in [1.807, 2.05) is 49.2 Å².